The number of hydrogen-bond acceptors (Lipinski definition) is 2. The molecule has 3 rings (SSSR count). The first-order chi connectivity index (χ1) is 10.8. The Morgan fingerprint density at radius 2 is 1.83 bits per heavy atom. The number of benzene rings is 1. The Balaban J connectivity index is 1.77. The van der Waals surface area contributed by atoms with Gasteiger partial charge in [0.15, 0.2) is 0 Å². The van der Waals surface area contributed by atoms with Crippen LogP contribution in [-0.2, 0) is 28.0 Å². The summed E-state index contributed by atoms with van der Waals surface area (Å²) in [5, 5.41) is 9.16. The Labute approximate surface area is 137 Å². The van der Waals surface area contributed by atoms with Crippen molar-refractivity contribution >= 4 is 11.9 Å². The Morgan fingerprint density at radius 3 is 2.39 bits per heavy atom. The van der Waals surface area contributed by atoms with Gasteiger partial charge in [0.25, 0.3) is 0 Å². The highest BCUT2D eigenvalue weighted by Crippen LogP contribution is 2.37. The van der Waals surface area contributed by atoms with Crippen molar-refractivity contribution in [2.24, 2.45) is 11.8 Å². The zero-order valence-corrected chi connectivity index (χ0v) is 14.1. The third-order valence-electron chi connectivity index (χ3n) is 5.31. The van der Waals surface area contributed by atoms with E-state index < -0.39 is 11.9 Å². The van der Waals surface area contributed by atoms with Crippen LogP contribution in [0.5, 0.6) is 0 Å². The maximum atomic E-state index is 12.6. The third-order valence-corrected chi connectivity index (χ3v) is 5.31. The molecule has 0 radical (unpaired) electrons. The molecule has 4 heteroatoms. The van der Waals surface area contributed by atoms with Gasteiger partial charge in [0.05, 0.1) is 11.8 Å². The first-order valence-corrected chi connectivity index (χ1v) is 8.41. The molecular weight excluding hydrogens is 290 g/mol. The minimum absolute atomic E-state index is 0.0236. The second kappa shape index (κ2) is 5.66. The van der Waals surface area contributed by atoms with Gasteiger partial charge in [-0.15, -0.1) is 0 Å². The first-order valence-electron chi connectivity index (χ1n) is 8.41. The Hall–Kier alpha value is -1.84. The van der Waals surface area contributed by atoms with Gasteiger partial charge in [-0.05, 0) is 41.4 Å². The summed E-state index contributed by atoms with van der Waals surface area (Å²) in [6.45, 7) is 7.87. The fourth-order valence-electron chi connectivity index (χ4n) is 3.54. The van der Waals surface area contributed by atoms with Crippen LogP contribution >= 0.6 is 0 Å². The number of fused-ring (bicyclic) bond motifs is 1. The topological polar surface area (TPSA) is 57.6 Å². The Bertz CT molecular complexity index is 645. The summed E-state index contributed by atoms with van der Waals surface area (Å²) in [5.74, 6) is -1.61. The van der Waals surface area contributed by atoms with E-state index in [0.717, 1.165) is 6.42 Å². The van der Waals surface area contributed by atoms with E-state index in [1.54, 1.807) is 0 Å². The molecule has 1 fully saturated rings. The number of carbonyl (C=O) groups excluding carboxylic acids is 1. The average Bonchev–Trinajstić information content (AvgIpc) is 2.43. The van der Waals surface area contributed by atoms with Gasteiger partial charge in [-0.25, -0.2) is 0 Å². The maximum Gasteiger partial charge on any atom is 0.307 e. The summed E-state index contributed by atoms with van der Waals surface area (Å²) in [4.78, 5) is 25.7. The van der Waals surface area contributed by atoms with Crippen LogP contribution in [0.25, 0.3) is 0 Å². The lowest BCUT2D eigenvalue weighted by atomic mass is 9.72. The van der Waals surface area contributed by atoms with E-state index in [4.69, 9.17) is 5.11 Å². The van der Waals surface area contributed by atoms with Crippen LogP contribution in [0.3, 0.4) is 0 Å². The van der Waals surface area contributed by atoms with Crippen molar-refractivity contribution in [1.82, 2.24) is 4.90 Å². The van der Waals surface area contributed by atoms with Gasteiger partial charge in [0.1, 0.15) is 0 Å². The molecule has 1 N–H and O–H groups in total. The summed E-state index contributed by atoms with van der Waals surface area (Å²) in [5.41, 5.74) is 3.88. The molecule has 0 bridgehead atoms. The zero-order chi connectivity index (χ0) is 16.8. The molecule has 124 valence electrons. The highest BCUT2D eigenvalue weighted by atomic mass is 16.4. The minimum Gasteiger partial charge on any atom is -0.481 e. The molecule has 23 heavy (non-hydrogen) atoms. The normalized spacial score (nSPS) is 23.9. The van der Waals surface area contributed by atoms with Crippen LogP contribution in [0.2, 0.25) is 0 Å². The number of hydrogen-bond donors (Lipinski definition) is 1. The third kappa shape index (κ3) is 2.99. The van der Waals surface area contributed by atoms with Crippen LogP contribution in [0, 0.1) is 11.8 Å². The number of rotatable bonds is 2. The number of nitrogens with zero attached hydrogens (tertiary/aromatic N) is 1. The molecule has 2 unspecified atom stereocenters. The van der Waals surface area contributed by atoms with Gasteiger partial charge in [-0.1, -0.05) is 39.0 Å². The van der Waals surface area contributed by atoms with Gasteiger partial charge in [0, 0.05) is 13.1 Å². The van der Waals surface area contributed by atoms with Gasteiger partial charge >= 0.3 is 5.97 Å². The predicted molar refractivity (Wildman–Crippen MR) is 88.1 cm³/mol. The molecular formula is C19H25NO3. The molecule has 1 aromatic carbocycles. The minimum atomic E-state index is -0.831. The molecule has 1 saturated carbocycles. The predicted octanol–water partition coefficient (Wildman–Crippen LogP) is 2.98. The molecule has 0 spiro atoms. The summed E-state index contributed by atoms with van der Waals surface area (Å²) in [7, 11) is 0. The number of carbonyl (C=O) groups is 2. The summed E-state index contributed by atoms with van der Waals surface area (Å²) >= 11 is 0. The molecule has 1 aromatic rings. The molecule has 0 aromatic heterocycles. The quantitative estimate of drug-likeness (QED) is 0.913. The lowest BCUT2D eigenvalue weighted by Gasteiger charge is -2.38. The van der Waals surface area contributed by atoms with Crippen molar-refractivity contribution < 1.29 is 14.7 Å². The number of aliphatic carboxylic acids is 1. The van der Waals surface area contributed by atoms with Crippen molar-refractivity contribution in [1.29, 1.82) is 0 Å². The van der Waals surface area contributed by atoms with Gasteiger partial charge < -0.3 is 10.0 Å². The number of amides is 1. The molecule has 2 aliphatic rings. The average molecular weight is 315 g/mol. The molecule has 1 amide bonds. The van der Waals surface area contributed by atoms with E-state index in [2.05, 4.69) is 39.0 Å². The van der Waals surface area contributed by atoms with Crippen LogP contribution in [0.4, 0.5) is 0 Å². The highest BCUT2D eigenvalue weighted by Gasteiger charge is 2.43. The lowest BCUT2D eigenvalue weighted by Crippen LogP contribution is -2.47. The van der Waals surface area contributed by atoms with E-state index in [1.807, 2.05) is 4.90 Å². The molecule has 1 heterocycles. The van der Waals surface area contributed by atoms with Crippen molar-refractivity contribution in [3.05, 3.63) is 34.9 Å². The van der Waals surface area contributed by atoms with E-state index in [9.17, 15) is 9.59 Å². The number of carboxylic acids is 1. The molecule has 1 aliphatic carbocycles. The summed E-state index contributed by atoms with van der Waals surface area (Å²) in [6.07, 6.45) is 2.20. The second-order valence-electron chi connectivity index (χ2n) is 7.87. The monoisotopic (exact) mass is 315 g/mol. The lowest BCUT2D eigenvalue weighted by molar-refractivity contribution is -0.157. The van der Waals surface area contributed by atoms with Crippen molar-refractivity contribution in [2.75, 3.05) is 6.54 Å². The highest BCUT2D eigenvalue weighted by molar-refractivity contribution is 5.86. The van der Waals surface area contributed by atoms with Crippen molar-refractivity contribution in [3.8, 4) is 0 Å². The van der Waals surface area contributed by atoms with E-state index in [-0.39, 0.29) is 17.2 Å². The fraction of sp³-hybridized carbons (Fsp3) is 0.579. The number of carboxylic acid groups (broad SMARTS) is 1. The van der Waals surface area contributed by atoms with E-state index in [1.165, 1.54) is 16.7 Å². The van der Waals surface area contributed by atoms with Crippen molar-refractivity contribution in [2.45, 2.75) is 52.0 Å². The smallest absolute Gasteiger partial charge is 0.307 e. The molecule has 0 saturated heterocycles. The van der Waals surface area contributed by atoms with Crippen LogP contribution in [0.1, 0.15) is 50.3 Å². The summed E-state index contributed by atoms with van der Waals surface area (Å²) < 4.78 is 0. The van der Waals surface area contributed by atoms with E-state index >= 15 is 0 Å². The summed E-state index contributed by atoms with van der Waals surface area (Å²) in [6, 6.07) is 6.58. The Kier molecular flexibility index (Phi) is 3.95. The SMILES string of the molecule is CC(C)(C)c1ccc2c(c1)CN(C(=O)C1CCC1C(=O)O)CC2. The molecule has 1 aliphatic heterocycles. The van der Waals surface area contributed by atoms with Gasteiger partial charge in [0.2, 0.25) is 5.91 Å². The second-order valence-corrected chi connectivity index (χ2v) is 7.87. The fourth-order valence-corrected chi connectivity index (χ4v) is 3.54. The molecule has 2 atom stereocenters. The van der Waals surface area contributed by atoms with Crippen LogP contribution in [0.15, 0.2) is 18.2 Å². The van der Waals surface area contributed by atoms with Crippen LogP contribution in [-0.4, -0.2) is 28.4 Å². The van der Waals surface area contributed by atoms with Crippen LogP contribution < -0.4 is 0 Å². The van der Waals surface area contributed by atoms with Crippen molar-refractivity contribution in [3.63, 3.8) is 0 Å². The maximum absolute atomic E-state index is 12.6. The standard InChI is InChI=1S/C19H25NO3/c1-19(2,3)14-5-4-12-8-9-20(11-13(12)10-14)17(21)15-6-7-16(15)18(22)23/h4-5,10,15-16H,6-9,11H2,1-3H3,(H,22,23). The van der Waals surface area contributed by atoms with Gasteiger partial charge in [-0.3, -0.25) is 9.59 Å². The first kappa shape index (κ1) is 16.0. The Morgan fingerprint density at radius 1 is 1.13 bits per heavy atom. The largest absolute Gasteiger partial charge is 0.481 e. The van der Waals surface area contributed by atoms with E-state index in [0.29, 0.717) is 25.9 Å². The zero-order valence-electron chi connectivity index (χ0n) is 14.1. The van der Waals surface area contributed by atoms with Gasteiger partial charge in [-0.2, -0.15) is 0 Å². The molecule has 4 nitrogen and oxygen atoms in total.